The van der Waals surface area contributed by atoms with Crippen molar-refractivity contribution in [1.82, 2.24) is 9.88 Å². The number of nitrogens with zero attached hydrogens (tertiary/aromatic N) is 1. The van der Waals surface area contributed by atoms with Gasteiger partial charge in [0.05, 0.1) is 26.2 Å². The molecule has 216 valence electrons. The molecule has 6 nitrogen and oxygen atoms in total. The molecule has 4 atom stereocenters. The van der Waals surface area contributed by atoms with E-state index in [0.717, 1.165) is 43.6 Å². The van der Waals surface area contributed by atoms with Crippen LogP contribution in [0.1, 0.15) is 61.9 Å². The molecule has 0 saturated carbocycles. The van der Waals surface area contributed by atoms with Crippen LogP contribution in [-0.4, -0.2) is 55.6 Å². The highest BCUT2D eigenvalue weighted by molar-refractivity contribution is 5.88. The van der Waals surface area contributed by atoms with E-state index in [4.69, 9.17) is 14.2 Å². The van der Waals surface area contributed by atoms with Gasteiger partial charge in [-0.25, -0.2) is 0 Å². The highest BCUT2D eigenvalue weighted by Gasteiger charge is 2.36. The molecule has 0 radical (unpaired) electrons. The number of hydrogen-bond acceptors (Lipinski definition) is 5. The van der Waals surface area contributed by atoms with Crippen molar-refractivity contribution in [2.75, 3.05) is 33.4 Å². The van der Waals surface area contributed by atoms with Gasteiger partial charge in [-0.3, -0.25) is 9.69 Å². The van der Waals surface area contributed by atoms with Crippen molar-refractivity contribution in [3.8, 4) is 0 Å². The van der Waals surface area contributed by atoms with Crippen molar-refractivity contribution in [3.05, 3.63) is 83.6 Å². The lowest BCUT2D eigenvalue weighted by Crippen LogP contribution is -2.36. The van der Waals surface area contributed by atoms with E-state index in [1.165, 1.54) is 34.4 Å². The number of carbonyl (C=O) groups excluding carboxylic acids is 1. The van der Waals surface area contributed by atoms with Gasteiger partial charge in [0, 0.05) is 41.6 Å². The molecular formula is C35H42N2O4. The second-order valence-electron chi connectivity index (χ2n) is 11.7. The van der Waals surface area contributed by atoms with Crippen LogP contribution in [0, 0.1) is 11.8 Å². The maximum Gasteiger partial charge on any atom is 0.314 e. The predicted octanol–water partition coefficient (Wildman–Crippen LogP) is 6.99. The van der Waals surface area contributed by atoms with Crippen molar-refractivity contribution >= 4 is 27.6 Å². The number of hydrogen-bond donors (Lipinski definition) is 1. The van der Waals surface area contributed by atoms with Crippen molar-refractivity contribution < 1.29 is 19.0 Å². The molecule has 0 spiro atoms. The van der Waals surface area contributed by atoms with Crippen LogP contribution in [0.4, 0.5) is 0 Å². The topological polar surface area (TPSA) is 63.8 Å². The minimum atomic E-state index is -0.344. The van der Waals surface area contributed by atoms with Gasteiger partial charge in [0.2, 0.25) is 0 Å². The number of carbonyl (C=O) groups is 1. The van der Waals surface area contributed by atoms with E-state index >= 15 is 0 Å². The lowest BCUT2D eigenvalue weighted by atomic mass is 9.83. The van der Waals surface area contributed by atoms with Crippen LogP contribution in [0.3, 0.4) is 0 Å². The van der Waals surface area contributed by atoms with Crippen LogP contribution in [0.15, 0.2) is 66.7 Å². The fourth-order valence-electron chi connectivity index (χ4n) is 7.23. The lowest BCUT2D eigenvalue weighted by Gasteiger charge is -2.35. The van der Waals surface area contributed by atoms with Gasteiger partial charge < -0.3 is 19.2 Å². The SMILES string of the molecule is CCC(C[C@@H]1C[C@@H](C(=O)OC)c2[nH]c3ccccc3c2CCN([C@H](C)c2cccc3ccccc23)C1)C1OCCO1. The normalized spacial score (nSPS) is 22.1. The number of para-hydroxylation sites is 1. The van der Waals surface area contributed by atoms with Crippen LogP contribution >= 0.6 is 0 Å². The van der Waals surface area contributed by atoms with Gasteiger partial charge in [-0.1, -0.05) is 67.6 Å². The van der Waals surface area contributed by atoms with Gasteiger partial charge in [-0.15, -0.1) is 0 Å². The molecule has 2 aliphatic heterocycles. The lowest BCUT2D eigenvalue weighted by molar-refractivity contribution is -0.143. The number of nitrogens with one attached hydrogen (secondary N) is 1. The summed E-state index contributed by atoms with van der Waals surface area (Å²) in [5, 5.41) is 3.77. The molecule has 3 aromatic carbocycles. The van der Waals surface area contributed by atoms with Crippen molar-refractivity contribution in [1.29, 1.82) is 0 Å². The number of fused-ring (bicyclic) bond motifs is 4. The standard InChI is InChI=1S/C35H42N2O4/c1-4-25(35-40-18-19-41-35)20-24-21-31(34(38)39-3)33-30(29-13-7-8-15-32(29)36-33)16-17-37(22-24)23(2)27-14-9-11-26-10-5-6-12-28(26)27/h5-15,23-25,31,35-36H,4,16-22H2,1-3H3/t23-,24-,25?,31-/m1/s1. The van der Waals surface area contributed by atoms with Crippen LogP contribution in [0.25, 0.3) is 21.7 Å². The Kier molecular flexibility index (Phi) is 8.42. The molecule has 1 N–H and O–H groups in total. The number of rotatable bonds is 7. The van der Waals surface area contributed by atoms with Crippen molar-refractivity contribution in [3.63, 3.8) is 0 Å². The summed E-state index contributed by atoms with van der Waals surface area (Å²) >= 11 is 0. The number of aromatic amines is 1. The fourth-order valence-corrected chi connectivity index (χ4v) is 7.23. The first-order valence-corrected chi connectivity index (χ1v) is 15.2. The summed E-state index contributed by atoms with van der Waals surface area (Å²) in [7, 11) is 1.51. The molecule has 6 rings (SSSR count). The first-order valence-electron chi connectivity index (χ1n) is 15.2. The zero-order chi connectivity index (χ0) is 28.3. The molecule has 0 aliphatic carbocycles. The van der Waals surface area contributed by atoms with Crippen LogP contribution in [-0.2, 0) is 25.4 Å². The summed E-state index contributed by atoms with van der Waals surface area (Å²) in [6.07, 6.45) is 3.32. The first-order chi connectivity index (χ1) is 20.1. The molecule has 0 amide bonds. The second kappa shape index (κ2) is 12.4. The zero-order valence-electron chi connectivity index (χ0n) is 24.5. The van der Waals surface area contributed by atoms with E-state index in [1.807, 2.05) is 0 Å². The number of esters is 1. The molecule has 41 heavy (non-hydrogen) atoms. The predicted molar refractivity (Wildman–Crippen MR) is 163 cm³/mol. The number of methoxy groups -OCH3 is 1. The summed E-state index contributed by atoms with van der Waals surface area (Å²) in [5.74, 6) is 0.0213. The molecule has 3 heterocycles. The Morgan fingerprint density at radius 2 is 1.76 bits per heavy atom. The summed E-state index contributed by atoms with van der Waals surface area (Å²) in [4.78, 5) is 19.7. The molecular weight excluding hydrogens is 512 g/mol. The Hall–Kier alpha value is -3.19. The third-order valence-corrected chi connectivity index (χ3v) is 9.41. The number of ether oxygens (including phenoxy) is 3. The van der Waals surface area contributed by atoms with Crippen LogP contribution in [0.2, 0.25) is 0 Å². The van der Waals surface area contributed by atoms with E-state index in [-0.39, 0.29) is 36.1 Å². The largest absolute Gasteiger partial charge is 0.469 e. The minimum absolute atomic E-state index is 0.167. The zero-order valence-corrected chi connectivity index (χ0v) is 24.5. The minimum Gasteiger partial charge on any atom is -0.469 e. The number of H-pyrrole nitrogens is 1. The maximum atomic E-state index is 13.4. The molecule has 4 aromatic rings. The number of benzene rings is 3. The Bertz CT molecular complexity index is 1480. The van der Waals surface area contributed by atoms with Gasteiger partial charge in [0.15, 0.2) is 6.29 Å². The summed E-state index contributed by atoms with van der Waals surface area (Å²) < 4.78 is 17.4. The Morgan fingerprint density at radius 1 is 1.02 bits per heavy atom. The molecule has 2 aliphatic rings. The van der Waals surface area contributed by atoms with E-state index in [2.05, 4.69) is 90.5 Å². The van der Waals surface area contributed by atoms with Crippen molar-refractivity contribution in [2.24, 2.45) is 11.8 Å². The molecule has 6 heteroatoms. The quantitative estimate of drug-likeness (QED) is 0.250. The van der Waals surface area contributed by atoms with Crippen LogP contribution in [0.5, 0.6) is 0 Å². The fraction of sp³-hybridized carbons (Fsp3) is 0.457. The van der Waals surface area contributed by atoms with E-state index < -0.39 is 0 Å². The molecule has 1 fully saturated rings. The Morgan fingerprint density at radius 3 is 2.54 bits per heavy atom. The Balaban J connectivity index is 1.41. The number of aromatic nitrogens is 1. The highest BCUT2D eigenvalue weighted by Crippen LogP contribution is 2.39. The Labute approximate surface area is 243 Å². The van der Waals surface area contributed by atoms with Gasteiger partial charge in [-0.05, 0) is 66.5 Å². The molecule has 0 bridgehead atoms. The molecule has 1 aromatic heterocycles. The van der Waals surface area contributed by atoms with E-state index in [9.17, 15) is 4.79 Å². The summed E-state index contributed by atoms with van der Waals surface area (Å²) in [6, 6.07) is 24.0. The highest BCUT2D eigenvalue weighted by atomic mass is 16.7. The van der Waals surface area contributed by atoms with Crippen molar-refractivity contribution in [2.45, 2.75) is 57.8 Å². The third-order valence-electron chi connectivity index (χ3n) is 9.41. The van der Waals surface area contributed by atoms with Gasteiger partial charge in [0.25, 0.3) is 0 Å². The summed E-state index contributed by atoms with van der Waals surface area (Å²) in [5.41, 5.74) is 4.68. The van der Waals surface area contributed by atoms with Gasteiger partial charge >= 0.3 is 5.97 Å². The second-order valence-corrected chi connectivity index (χ2v) is 11.7. The average molecular weight is 555 g/mol. The monoisotopic (exact) mass is 554 g/mol. The van der Waals surface area contributed by atoms with Crippen LogP contribution < -0.4 is 0 Å². The summed E-state index contributed by atoms with van der Waals surface area (Å²) in [6.45, 7) is 7.65. The van der Waals surface area contributed by atoms with Gasteiger partial charge in [-0.2, -0.15) is 0 Å². The van der Waals surface area contributed by atoms with E-state index in [0.29, 0.717) is 19.6 Å². The van der Waals surface area contributed by atoms with E-state index in [1.54, 1.807) is 0 Å². The average Bonchev–Trinajstić information content (AvgIpc) is 3.68. The first kappa shape index (κ1) is 28.0. The van der Waals surface area contributed by atoms with Gasteiger partial charge in [0.1, 0.15) is 0 Å². The third kappa shape index (κ3) is 5.66. The molecule has 1 saturated heterocycles. The smallest absolute Gasteiger partial charge is 0.314 e. The molecule has 1 unspecified atom stereocenters. The maximum absolute atomic E-state index is 13.4.